The fourth-order valence-corrected chi connectivity index (χ4v) is 3.15. The van der Waals surface area contributed by atoms with E-state index in [1.165, 1.54) is 0 Å². The Bertz CT molecular complexity index is 1060. The summed E-state index contributed by atoms with van der Waals surface area (Å²) in [5.41, 5.74) is 3.75. The lowest BCUT2D eigenvalue weighted by atomic mass is 10.1. The summed E-state index contributed by atoms with van der Waals surface area (Å²) in [5.74, 6) is -0.391. The maximum absolute atomic E-state index is 12.2. The number of carbonyl (C=O) groups is 3. The topological polar surface area (TPSA) is 99.3 Å². The molecule has 0 unspecified atom stereocenters. The third-order valence-corrected chi connectivity index (χ3v) is 4.87. The molecule has 0 aromatic heterocycles. The van der Waals surface area contributed by atoms with E-state index in [0.717, 1.165) is 11.3 Å². The highest BCUT2D eigenvalue weighted by Gasteiger charge is 2.07. The van der Waals surface area contributed by atoms with Crippen molar-refractivity contribution in [3.63, 3.8) is 0 Å². The number of nitrogens with one attached hydrogen (secondary N) is 4. The molecular weight excluding hydrogens is 416 g/mol. The second-order valence-corrected chi connectivity index (χ2v) is 7.45. The Morgan fingerprint density at radius 3 is 1.88 bits per heavy atom. The molecule has 0 aliphatic carbocycles. The second kappa shape index (κ2) is 12.0. The summed E-state index contributed by atoms with van der Waals surface area (Å²) in [6.45, 7) is 2.52. The molecule has 0 aliphatic rings. The number of carbonyl (C=O) groups excluding carboxylic acids is 3. The molecule has 0 saturated heterocycles. The van der Waals surface area contributed by atoms with Crippen LogP contribution in [-0.2, 0) is 16.0 Å². The van der Waals surface area contributed by atoms with E-state index in [2.05, 4.69) is 21.3 Å². The van der Waals surface area contributed by atoms with Crippen molar-refractivity contribution in [2.24, 2.45) is 0 Å². The zero-order valence-corrected chi connectivity index (χ0v) is 18.6. The lowest BCUT2D eigenvalue weighted by Gasteiger charge is -2.10. The summed E-state index contributed by atoms with van der Waals surface area (Å²) in [7, 11) is 0. The molecule has 7 heteroatoms. The van der Waals surface area contributed by atoms with Gasteiger partial charge in [-0.15, -0.1) is 0 Å². The Labute approximate surface area is 193 Å². The molecule has 0 saturated carbocycles. The van der Waals surface area contributed by atoms with Gasteiger partial charge < -0.3 is 21.3 Å². The van der Waals surface area contributed by atoms with Crippen LogP contribution >= 0.6 is 0 Å². The number of rotatable bonds is 10. The van der Waals surface area contributed by atoms with Crippen LogP contribution in [0.4, 0.5) is 17.1 Å². The third-order valence-electron chi connectivity index (χ3n) is 4.87. The minimum atomic E-state index is -0.206. The zero-order valence-electron chi connectivity index (χ0n) is 18.6. The molecule has 0 aliphatic heterocycles. The van der Waals surface area contributed by atoms with E-state index in [9.17, 15) is 14.4 Å². The van der Waals surface area contributed by atoms with Crippen molar-refractivity contribution >= 4 is 34.8 Å². The molecular formula is C26H28N4O3. The van der Waals surface area contributed by atoms with Crippen LogP contribution in [0.3, 0.4) is 0 Å². The summed E-state index contributed by atoms with van der Waals surface area (Å²) >= 11 is 0. The van der Waals surface area contributed by atoms with Gasteiger partial charge in [0.25, 0.3) is 5.91 Å². The molecule has 170 valence electrons. The Morgan fingerprint density at radius 2 is 1.27 bits per heavy atom. The maximum Gasteiger partial charge on any atom is 0.251 e. The number of hydrogen-bond donors (Lipinski definition) is 4. The Hall–Kier alpha value is -4.13. The van der Waals surface area contributed by atoms with Gasteiger partial charge in [0.05, 0.1) is 6.54 Å². The van der Waals surface area contributed by atoms with Crippen LogP contribution in [0.25, 0.3) is 0 Å². The van der Waals surface area contributed by atoms with Crippen molar-refractivity contribution in [3.05, 3.63) is 90.0 Å². The zero-order chi connectivity index (χ0) is 23.5. The molecule has 0 fully saturated rings. The van der Waals surface area contributed by atoms with Gasteiger partial charge in [0.15, 0.2) is 0 Å². The lowest BCUT2D eigenvalue weighted by molar-refractivity contribution is -0.116. The summed E-state index contributed by atoms with van der Waals surface area (Å²) in [6, 6.07) is 23.8. The number of hydrogen-bond acceptors (Lipinski definition) is 4. The van der Waals surface area contributed by atoms with Crippen LogP contribution in [0.1, 0.15) is 29.3 Å². The standard InChI is InChI=1S/C26H28N4O3/c1-2-27-26(33)20-9-11-21(12-10-20)28-18-25(32)30-23-15-13-22(14-16-23)29-24(31)17-8-19-6-4-3-5-7-19/h3-7,9-16,28H,2,8,17-18H2,1H3,(H,27,33)(H,29,31)(H,30,32). The first-order chi connectivity index (χ1) is 16.0. The van der Waals surface area contributed by atoms with Crippen LogP contribution in [-0.4, -0.2) is 30.8 Å². The average Bonchev–Trinajstić information content (AvgIpc) is 2.84. The van der Waals surface area contributed by atoms with Crippen LogP contribution in [0.15, 0.2) is 78.9 Å². The number of amides is 3. The minimum Gasteiger partial charge on any atom is -0.376 e. The van der Waals surface area contributed by atoms with Crippen LogP contribution in [0.2, 0.25) is 0 Å². The fraction of sp³-hybridized carbons (Fsp3) is 0.192. The predicted octanol–water partition coefficient (Wildman–Crippen LogP) is 4.06. The highest BCUT2D eigenvalue weighted by Crippen LogP contribution is 2.15. The molecule has 3 aromatic carbocycles. The van der Waals surface area contributed by atoms with E-state index >= 15 is 0 Å². The van der Waals surface area contributed by atoms with E-state index in [-0.39, 0.29) is 24.3 Å². The van der Waals surface area contributed by atoms with Crippen molar-refractivity contribution in [2.45, 2.75) is 19.8 Å². The highest BCUT2D eigenvalue weighted by atomic mass is 16.2. The van der Waals surface area contributed by atoms with E-state index in [4.69, 9.17) is 0 Å². The molecule has 0 spiro atoms. The molecule has 0 heterocycles. The van der Waals surface area contributed by atoms with Crippen LogP contribution < -0.4 is 21.3 Å². The molecule has 7 nitrogen and oxygen atoms in total. The van der Waals surface area contributed by atoms with Crippen LogP contribution in [0, 0.1) is 0 Å². The Morgan fingerprint density at radius 1 is 0.697 bits per heavy atom. The van der Waals surface area contributed by atoms with Gasteiger partial charge in [0, 0.05) is 35.6 Å². The maximum atomic E-state index is 12.2. The fourth-order valence-electron chi connectivity index (χ4n) is 3.15. The van der Waals surface area contributed by atoms with Gasteiger partial charge in [0.1, 0.15) is 0 Å². The summed E-state index contributed by atoms with van der Waals surface area (Å²) in [6.07, 6.45) is 1.08. The average molecular weight is 445 g/mol. The number of anilines is 3. The molecule has 4 N–H and O–H groups in total. The van der Waals surface area contributed by atoms with E-state index in [0.29, 0.717) is 36.3 Å². The van der Waals surface area contributed by atoms with Crippen molar-refractivity contribution in [1.82, 2.24) is 5.32 Å². The highest BCUT2D eigenvalue weighted by molar-refractivity contribution is 5.96. The summed E-state index contributed by atoms with van der Waals surface area (Å²) in [4.78, 5) is 36.2. The van der Waals surface area contributed by atoms with Crippen molar-refractivity contribution < 1.29 is 14.4 Å². The van der Waals surface area contributed by atoms with E-state index in [1.807, 2.05) is 37.3 Å². The summed E-state index contributed by atoms with van der Waals surface area (Å²) < 4.78 is 0. The Kier molecular flexibility index (Phi) is 8.59. The summed E-state index contributed by atoms with van der Waals surface area (Å²) in [5, 5.41) is 11.4. The second-order valence-electron chi connectivity index (χ2n) is 7.45. The van der Waals surface area contributed by atoms with Crippen molar-refractivity contribution in [3.8, 4) is 0 Å². The quantitative estimate of drug-likeness (QED) is 0.379. The van der Waals surface area contributed by atoms with E-state index in [1.54, 1.807) is 48.5 Å². The molecule has 0 bridgehead atoms. The van der Waals surface area contributed by atoms with Crippen LogP contribution in [0.5, 0.6) is 0 Å². The van der Waals surface area contributed by atoms with Gasteiger partial charge >= 0.3 is 0 Å². The van der Waals surface area contributed by atoms with Gasteiger partial charge in [-0.1, -0.05) is 30.3 Å². The molecule has 3 amide bonds. The van der Waals surface area contributed by atoms with Gasteiger partial charge in [-0.2, -0.15) is 0 Å². The SMILES string of the molecule is CCNC(=O)c1ccc(NCC(=O)Nc2ccc(NC(=O)CCc3ccccc3)cc2)cc1. The lowest BCUT2D eigenvalue weighted by Crippen LogP contribution is -2.23. The van der Waals surface area contributed by atoms with Crippen molar-refractivity contribution in [2.75, 3.05) is 29.0 Å². The smallest absolute Gasteiger partial charge is 0.251 e. The van der Waals surface area contributed by atoms with E-state index < -0.39 is 0 Å². The number of benzene rings is 3. The molecule has 3 rings (SSSR count). The van der Waals surface area contributed by atoms with Gasteiger partial charge in [-0.3, -0.25) is 14.4 Å². The first kappa shape index (κ1) is 23.5. The third kappa shape index (κ3) is 7.81. The normalized spacial score (nSPS) is 10.2. The predicted molar refractivity (Wildman–Crippen MR) is 131 cm³/mol. The first-order valence-corrected chi connectivity index (χ1v) is 10.9. The first-order valence-electron chi connectivity index (χ1n) is 10.9. The monoisotopic (exact) mass is 444 g/mol. The van der Waals surface area contributed by atoms with Crippen molar-refractivity contribution in [1.29, 1.82) is 0 Å². The minimum absolute atomic E-state index is 0.0574. The molecule has 0 atom stereocenters. The Balaban J connectivity index is 1.41. The molecule has 33 heavy (non-hydrogen) atoms. The largest absolute Gasteiger partial charge is 0.376 e. The van der Waals surface area contributed by atoms with Gasteiger partial charge in [-0.05, 0) is 67.4 Å². The van der Waals surface area contributed by atoms with Gasteiger partial charge in [0.2, 0.25) is 11.8 Å². The molecule has 3 aromatic rings. The number of aryl methyl sites for hydroxylation is 1. The van der Waals surface area contributed by atoms with Gasteiger partial charge in [-0.25, -0.2) is 0 Å². The molecule has 0 radical (unpaired) electrons.